The predicted octanol–water partition coefficient (Wildman–Crippen LogP) is 2.06. The van der Waals surface area contributed by atoms with Gasteiger partial charge >= 0.3 is 0 Å². The first-order chi connectivity index (χ1) is 7.92. The van der Waals surface area contributed by atoms with Crippen LogP contribution in [-0.4, -0.2) is 36.1 Å². The number of hydrogen-bond donors (Lipinski definition) is 0. The van der Waals surface area contributed by atoms with Crippen molar-refractivity contribution in [3.63, 3.8) is 0 Å². The summed E-state index contributed by atoms with van der Waals surface area (Å²) in [4.78, 5) is 0. The summed E-state index contributed by atoms with van der Waals surface area (Å²) in [5.74, 6) is 0. The van der Waals surface area contributed by atoms with Crippen LogP contribution in [0.3, 0.4) is 0 Å². The number of benzene rings is 1. The summed E-state index contributed by atoms with van der Waals surface area (Å²) in [5, 5.41) is 0. The number of hydrogen-bond acceptors (Lipinski definition) is 4. The average Bonchev–Trinajstić information content (AvgIpc) is 2.33. The minimum absolute atomic E-state index is 0.133. The van der Waals surface area contributed by atoms with Crippen LogP contribution in [0.5, 0.6) is 0 Å². The lowest BCUT2D eigenvalue weighted by molar-refractivity contribution is -0.260. The second-order valence-corrected chi connectivity index (χ2v) is 4.78. The maximum Gasteiger partial charge on any atom is 0.148 e. The van der Waals surface area contributed by atoms with Crippen LogP contribution in [0.4, 0.5) is 0 Å². The van der Waals surface area contributed by atoms with Crippen LogP contribution in [0.15, 0.2) is 30.3 Å². The van der Waals surface area contributed by atoms with Crippen molar-refractivity contribution >= 4 is 11.9 Å². The zero-order chi connectivity index (χ0) is 11.0. The molecule has 0 N–H and O–H groups in total. The molecule has 3 unspecified atom stereocenters. The molecule has 3 nitrogen and oxygen atoms in total. The van der Waals surface area contributed by atoms with Crippen molar-refractivity contribution in [2.45, 2.75) is 18.4 Å². The molecule has 0 saturated carbocycles. The van der Waals surface area contributed by atoms with Gasteiger partial charge in [-0.1, -0.05) is 42.3 Å². The van der Waals surface area contributed by atoms with E-state index in [1.54, 1.807) is 11.9 Å². The van der Waals surface area contributed by atoms with Gasteiger partial charge in [-0.05, 0) is 11.8 Å². The summed E-state index contributed by atoms with van der Waals surface area (Å²) in [6.07, 6.45) is 2.42. The Kier molecular flexibility index (Phi) is 2.90. The Bertz CT molecular complexity index is 353. The molecule has 2 heterocycles. The Morgan fingerprint density at radius 3 is 2.69 bits per heavy atom. The standard InChI is InChI=1S/C12H15NO2S/c1-16-13-10(9-5-3-2-4-6-9)11-12(13)15-8-7-14-11/h2-6,10-12H,7-8H2,1H3. The van der Waals surface area contributed by atoms with Crippen LogP contribution in [0.2, 0.25) is 0 Å². The van der Waals surface area contributed by atoms with E-state index >= 15 is 0 Å². The van der Waals surface area contributed by atoms with E-state index in [0.717, 1.165) is 0 Å². The zero-order valence-electron chi connectivity index (χ0n) is 9.20. The first-order valence-corrected chi connectivity index (χ1v) is 6.70. The number of fused-ring (bicyclic) bond motifs is 1. The number of nitrogens with zero attached hydrogens (tertiary/aromatic N) is 1. The Labute approximate surface area is 99.9 Å². The van der Waals surface area contributed by atoms with Crippen LogP contribution >= 0.6 is 11.9 Å². The Hall–Kier alpha value is -0.550. The smallest absolute Gasteiger partial charge is 0.148 e. The van der Waals surface area contributed by atoms with Crippen LogP contribution < -0.4 is 0 Å². The molecule has 2 fully saturated rings. The molecule has 2 saturated heterocycles. The highest BCUT2D eigenvalue weighted by atomic mass is 32.2. The number of rotatable bonds is 2. The SMILES string of the molecule is CSN1C2OCCOC2C1c1ccccc1. The molecule has 0 spiro atoms. The molecule has 0 aromatic heterocycles. The van der Waals surface area contributed by atoms with Crippen molar-refractivity contribution in [3.8, 4) is 0 Å². The molecule has 0 aliphatic carbocycles. The first kappa shape index (κ1) is 10.6. The third-order valence-electron chi connectivity index (χ3n) is 3.15. The molecule has 1 aromatic rings. The van der Waals surface area contributed by atoms with Gasteiger partial charge in [0.2, 0.25) is 0 Å². The average molecular weight is 237 g/mol. The van der Waals surface area contributed by atoms with Gasteiger partial charge in [0, 0.05) is 0 Å². The third kappa shape index (κ3) is 1.57. The molecular weight excluding hydrogens is 222 g/mol. The van der Waals surface area contributed by atoms with Gasteiger partial charge in [0.1, 0.15) is 12.3 Å². The van der Waals surface area contributed by atoms with Gasteiger partial charge in [0.15, 0.2) is 0 Å². The van der Waals surface area contributed by atoms with Gasteiger partial charge in [0.05, 0.1) is 19.3 Å². The number of ether oxygens (including phenoxy) is 2. The van der Waals surface area contributed by atoms with Gasteiger partial charge in [0.25, 0.3) is 0 Å². The van der Waals surface area contributed by atoms with Crippen molar-refractivity contribution in [2.75, 3.05) is 19.5 Å². The molecule has 16 heavy (non-hydrogen) atoms. The van der Waals surface area contributed by atoms with E-state index in [1.807, 2.05) is 6.07 Å². The minimum Gasteiger partial charge on any atom is -0.370 e. The van der Waals surface area contributed by atoms with Gasteiger partial charge in [-0.25, -0.2) is 4.31 Å². The van der Waals surface area contributed by atoms with E-state index in [0.29, 0.717) is 19.3 Å². The molecule has 3 rings (SSSR count). The van der Waals surface area contributed by atoms with Gasteiger partial charge in [-0.15, -0.1) is 0 Å². The summed E-state index contributed by atoms with van der Waals surface area (Å²) in [6.45, 7) is 1.42. The third-order valence-corrected chi connectivity index (χ3v) is 4.01. The highest BCUT2D eigenvalue weighted by molar-refractivity contribution is 7.96. The lowest BCUT2D eigenvalue weighted by Gasteiger charge is -2.54. The molecule has 86 valence electrons. The second-order valence-electron chi connectivity index (χ2n) is 3.99. The summed E-state index contributed by atoms with van der Waals surface area (Å²) in [5.41, 5.74) is 1.31. The van der Waals surface area contributed by atoms with Gasteiger partial charge in [-0.3, -0.25) is 0 Å². The maximum atomic E-state index is 5.80. The molecule has 1 aromatic carbocycles. The maximum absolute atomic E-state index is 5.80. The second kappa shape index (κ2) is 4.37. The summed E-state index contributed by atoms with van der Waals surface area (Å²) >= 11 is 1.73. The van der Waals surface area contributed by atoms with E-state index in [9.17, 15) is 0 Å². The van der Waals surface area contributed by atoms with E-state index in [2.05, 4.69) is 34.8 Å². The molecule has 4 heteroatoms. The van der Waals surface area contributed by atoms with Gasteiger partial charge in [-0.2, -0.15) is 0 Å². The van der Waals surface area contributed by atoms with E-state index in [-0.39, 0.29) is 12.3 Å². The summed E-state index contributed by atoms with van der Waals surface area (Å²) < 4.78 is 13.8. The molecule has 3 atom stereocenters. The predicted molar refractivity (Wildman–Crippen MR) is 64.0 cm³/mol. The Morgan fingerprint density at radius 1 is 1.19 bits per heavy atom. The molecule has 0 amide bonds. The highest BCUT2D eigenvalue weighted by Crippen LogP contribution is 2.46. The molecule has 2 aliphatic heterocycles. The van der Waals surface area contributed by atoms with Crippen molar-refractivity contribution in [1.29, 1.82) is 0 Å². The van der Waals surface area contributed by atoms with Crippen LogP contribution in [-0.2, 0) is 9.47 Å². The zero-order valence-corrected chi connectivity index (χ0v) is 10.0. The normalized spacial score (nSPS) is 34.2. The van der Waals surface area contributed by atoms with Gasteiger partial charge < -0.3 is 9.47 Å². The Balaban J connectivity index is 1.84. The van der Waals surface area contributed by atoms with Crippen molar-refractivity contribution in [3.05, 3.63) is 35.9 Å². The van der Waals surface area contributed by atoms with Crippen LogP contribution in [0.25, 0.3) is 0 Å². The molecule has 0 radical (unpaired) electrons. The topological polar surface area (TPSA) is 21.7 Å². The summed E-state index contributed by atoms with van der Waals surface area (Å²) in [6, 6.07) is 10.8. The van der Waals surface area contributed by atoms with Crippen LogP contribution in [0.1, 0.15) is 11.6 Å². The van der Waals surface area contributed by atoms with E-state index in [4.69, 9.17) is 9.47 Å². The largest absolute Gasteiger partial charge is 0.370 e. The monoisotopic (exact) mass is 237 g/mol. The highest BCUT2D eigenvalue weighted by Gasteiger charge is 2.52. The lowest BCUT2D eigenvalue weighted by Crippen LogP contribution is -2.63. The summed E-state index contributed by atoms with van der Waals surface area (Å²) in [7, 11) is 0. The lowest BCUT2D eigenvalue weighted by atomic mass is 9.92. The van der Waals surface area contributed by atoms with Crippen molar-refractivity contribution in [1.82, 2.24) is 4.31 Å². The van der Waals surface area contributed by atoms with Crippen molar-refractivity contribution < 1.29 is 9.47 Å². The van der Waals surface area contributed by atoms with E-state index in [1.165, 1.54) is 5.56 Å². The Morgan fingerprint density at radius 2 is 1.94 bits per heavy atom. The fourth-order valence-electron chi connectivity index (χ4n) is 2.40. The van der Waals surface area contributed by atoms with Crippen LogP contribution in [0, 0.1) is 0 Å². The first-order valence-electron chi connectivity index (χ1n) is 5.52. The molecule has 0 bridgehead atoms. The van der Waals surface area contributed by atoms with Crippen molar-refractivity contribution in [2.24, 2.45) is 0 Å². The molecule has 2 aliphatic rings. The van der Waals surface area contributed by atoms with E-state index < -0.39 is 0 Å². The molecular formula is C12H15NO2S. The minimum atomic E-state index is 0.133. The fraction of sp³-hybridized carbons (Fsp3) is 0.500. The quantitative estimate of drug-likeness (QED) is 0.734. The fourth-order valence-corrected chi connectivity index (χ4v) is 3.26.